The summed E-state index contributed by atoms with van der Waals surface area (Å²) in [6.45, 7) is 0.589. The highest BCUT2D eigenvalue weighted by Gasteiger charge is 2.28. The van der Waals surface area contributed by atoms with Crippen LogP contribution < -0.4 is 5.73 Å². The van der Waals surface area contributed by atoms with E-state index in [4.69, 9.17) is 10.5 Å². The Hall–Kier alpha value is -3.15. The second kappa shape index (κ2) is 9.17. The average molecular weight is 380 g/mol. The molecule has 2 aromatic carbocycles. The maximum atomic E-state index is 12.8. The summed E-state index contributed by atoms with van der Waals surface area (Å²) in [4.78, 5) is 38.1. The van der Waals surface area contributed by atoms with Crippen LogP contribution in [0.25, 0.3) is 0 Å². The lowest BCUT2D eigenvalue weighted by Crippen LogP contribution is -2.43. The quantitative estimate of drug-likeness (QED) is 0.777. The van der Waals surface area contributed by atoms with Crippen molar-refractivity contribution in [2.45, 2.75) is 18.8 Å². The molecule has 0 radical (unpaired) electrons. The van der Waals surface area contributed by atoms with Gasteiger partial charge < -0.3 is 15.4 Å². The summed E-state index contributed by atoms with van der Waals surface area (Å²) in [7, 11) is 0. The Morgan fingerprint density at radius 1 is 0.929 bits per heavy atom. The number of hydrogen-bond acceptors (Lipinski definition) is 4. The van der Waals surface area contributed by atoms with Gasteiger partial charge in [-0.1, -0.05) is 60.7 Å². The zero-order chi connectivity index (χ0) is 19.9. The number of carbonyl (C=O) groups excluding carboxylic acids is 3. The summed E-state index contributed by atoms with van der Waals surface area (Å²) in [5.41, 5.74) is 6.95. The fourth-order valence-electron chi connectivity index (χ4n) is 3.48. The molecule has 0 atom stereocenters. The van der Waals surface area contributed by atoms with Crippen molar-refractivity contribution < 1.29 is 19.1 Å². The molecule has 1 saturated heterocycles. The molecule has 3 rings (SSSR count). The van der Waals surface area contributed by atoms with E-state index in [1.165, 1.54) is 0 Å². The summed E-state index contributed by atoms with van der Waals surface area (Å²) in [5, 5.41) is 0. The predicted octanol–water partition coefficient (Wildman–Crippen LogP) is 2.09. The van der Waals surface area contributed by atoms with Gasteiger partial charge in [-0.25, -0.2) is 0 Å². The Labute approximate surface area is 164 Å². The molecule has 0 spiro atoms. The van der Waals surface area contributed by atoms with Crippen molar-refractivity contribution in [3.8, 4) is 0 Å². The van der Waals surface area contributed by atoms with Crippen molar-refractivity contribution in [3.63, 3.8) is 0 Å². The first-order valence-electron chi connectivity index (χ1n) is 9.40. The summed E-state index contributed by atoms with van der Waals surface area (Å²) in [6, 6.07) is 18.7. The van der Waals surface area contributed by atoms with Gasteiger partial charge in [-0.15, -0.1) is 0 Å². The van der Waals surface area contributed by atoms with Gasteiger partial charge in [-0.05, 0) is 24.0 Å². The second-order valence-electron chi connectivity index (χ2n) is 6.92. The number of amides is 2. The number of ether oxygens (including phenoxy) is 1. The van der Waals surface area contributed by atoms with Crippen LogP contribution in [0.15, 0.2) is 60.7 Å². The number of hydrogen-bond donors (Lipinski definition) is 1. The van der Waals surface area contributed by atoms with Gasteiger partial charge in [0.2, 0.25) is 5.91 Å². The average Bonchev–Trinajstić information content (AvgIpc) is 2.74. The fourth-order valence-corrected chi connectivity index (χ4v) is 3.48. The second-order valence-corrected chi connectivity index (χ2v) is 6.92. The molecule has 6 heteroatoms. The summed E-state index contributed by atoms with van der Waals surface area (Å²) >= 11 is 0. The van der Waals surface area contributed by atoms with Crippen molar-refractivity contribution in [2.24, 2.45) is 11.7 Å². The third-order valence-electron chi connectivity index (χ3n) is 5.09. The first-order valence-corrected chi connectivity index (χ1v) is 9.40. The number of carbonyl (C=O) groups is 3. The smallest absolute Gasteiger partial charge is 0.318 e. The molecule has 2 N–H and O–H groups in total. The lowest BCUT2D eigenvalue weighted by Gasteiger charge is -2.30. The number of nitrogens with zero attached hydrogens (tertiary/aromatic N) is 1. The molecule has 2 aromatic rings. The summed E-state index contributed by atoms with van der Waals surface area (Å²) in [5.74, 6) is -1.82. The molecular formula is C22H24N2O4. The normalized spacial score (nSPS) is 14.7. The van der Waals surface area contributed by atoms with Gasteiger partial charge in [-0.3, -0.25) is 14.4 Å². The van der Waals surface area contributed by atoms with E-state index >= 15 is 0 Å². The minimum absolute atomic E-state index is 0.188. The standard InChI is InChI=1S/C22H24N2O4/c23-21(26)18-11-13-24(14-12-18)19(25)15-28-22(27)20(16-7-3-1-4-8-16)17-9-5-2-6-10-17/h1-10,18,20H,11-15H2,(H2,23,26). The first-order chi connectivity index (χ1) is 13.6. The number of piperidine rings is 1. The molecule has 146 valence electrons. The molecule has 0 aliphatic carbocycles. The van der Waals surface area contributed by atoms with Crippen LogP contribution in [0, 0.1) is 5.92 Å². The van der Waals surface area contributed by atoms with E-state index in [0.29, 0.717) is 25.9 Å². The molecule has 2 amide bonds. The number of likely N-dealkylation sites (tertiary alicyclic amines) is 1. The van der Waals surface area contributed by atoms with Crippen molar-refractivity contribution in [1.82, 2.24) is 4.90 Å². The topological polar surface area (TPSA) is 89.7 Å². The molecule has 0 unspecified atom stereocenters. The molecule has 1 aliphatic rings. The minimum atomic E-state index is -0.587. The van der Waals surface area contributed by atoms with E-state index in [0.717, 1.165) is 11.1 Å². The maximum Gasteiger partial charge on any atom is 0.318 e. The Bertz CT molecular complexity index is 775. The molecule has 1 fully saturated rings. The third-order valence-corrected chi connectivity index (χ3v) is 5.09. The number of esters is 1. The maximum absolute atomic E-state index is 12.8. The highest BCUT2D eigenvalue weighted by molar-refractivity contribution is 5.86. The van der Waals surface area contributed by atoms with Crippen LogP contribution in [0.1, 0.15) is 29.9 Å². The van der Waals surface area contributed by atoms with Crippen molar-refractivity contribution in [2.75, 3.05) is 19.7 Å². The molecular weight excluding hydrogens is 356 g/mol. The summed E-state index contributed by atoms with van der Waals surface area (Å²) in [6.07, 6.45) is 1.09. The van der Waals surface area contributed by atoms with Gasteiger partial charge in [0.25, 0.3) is 5.91 Å². The predicted molar refractivity (Wildman–Crippen MR) is 104 cm³/mol. The van der Waals surface area contributed by atoms with E-state index in [9.17, 15) is 14.4 Å². The third kappa shape index (κ3) is 4.76. The van der Waals surface area contributed by atoms with Gasteiger partial charge in [0.15, 0.2) is 6.61 Å². The Morgan fingerprint density at radius 3 is 1.89 bits per heavy atom. The zero-order valence-electron chi connectivity index (χ0n) is 15.6. The van der Waals surface area contributed by atoms with Gasteiger partial charge in [0, 0.05) is 19.0 Å². The lowest BCUT2D eigenvalue weighted by atomic mass is 9.91. The highest BCUT2D eigenvalue weighted by atomic mass is 16.5. The molecule has 1 aliphatic heterocycles. The number of benzene rings is 2. The number of rotatable bonds is 6. The monoisotopic (exact) mass is 380 g/mol. The van der Waals surface area contributed by atoms with Crippen LogP contribution in [0.3, 0.4) is 0 Å². The highest BCUT2D eigenvalue weighted by Crippen LogP contribution is 2.26. The van der Waals surface area contributed by atoms with Gasteiger partial charge >= 0.3 is 5.97 Å². The van der Waals surface area contributed by atoms with Crippen molar-refractivity contribution >= 4 is 17.8 Å². The van der Waals surface area contributed by atoms with Crippen LogP contribution in [0.2, 0.25) is 0 Å². The van der Waals surface area contributed by atoms with Crippen LogP contribution in [0.4, 0.5) is 0 Å². The SMILES string of the molecule is NC(=O)C1CCN(C(=O)COC(=O)C(c2ccccc2)c2ccccc2)CC1. The van der Waals surface area contributed by atoms with Crippen LogP contribution in [-0.2, 0) is 19.1 Å². The Morgan fingerprint density at radius 2 is 1.43 bits per heavy atom. The van der Waals surface area contributed by atoms with Crippen LogP contribution >= 0.6 is 0 Å². The van der Waals surface area contributed by atoms with Gasteiger partial charge in [0.05, 0.1) is 0 Å². The van der Waals surface area contributed by atoms with Gasteiger partial charge in [0.1, 0.15) is 5.92 Å². The van der Waals surface area contributed by atoms with Crippen molar-refractivity contribution in [3.05, 3.63) is 71.8 Å². The molecule has 0 saturated carbocycles. The fraction of sp³-hybridized carbons (Fsp3) is 0.318. The van der Waals surface area contributed by atoms with Crippen LogP contribution in [-0.4, -0.2) is 42.4 Å². The van der Waals surface area contributed by atoms with Crippen molar-refractivity contribution in [1.29, 1.82) is 0 Å². The number of nitrogens with two attached hydrogens (primary N) is 1. The molecule has 28 heavy (non-hydrogen) atoms. The lowest BCUT2D eigenvalue weighted by molar-refractivity contribution is -0.153. The summed E-state index contributed by atoms with van der Waals surface area (Å²) < 4.78 is 5.38. The van der Waals surface area contributed by atoms with Crippen LogP contribution in [0.5, 0.6) is 0 Å². The molecule has 0 aromatic heterocycles. The first kappa shape index (κ1) is 19.6. The van der Waals surface area contributed by atoms with E-state index < -0.39 is 11.9 Å². The number of primary amides is 1. The molecule has 1 heterocycles. The Balaban J connectivity index is 1.63. The Kier molecular flexibility index (Phi) is 6.42. The minimum Gasteiger partial charge on any atom is -0.455 e. The van der Waals surface area contributed by atoms with E-state index in [2.05, 4.69) is 0 Å². The molecule has 0 bridgehead atoms. The largest absolute Gasteiger partial charge is 0.455 e. The van der Waals surface area contributed by atoms with E-state index in [-0.39, 0.29) is 24.3 Å². The molecule has 6 nitrogen and oxygen atoms in total. The van der Waals surface area contributed by atoms with Gasteiger partial charge in [-0.2, -0.15) is 0 Å². The zero-order valence-corrected chi connectivity index (χ0v) is 15.6. The van der Waals surface area contributed by atoms with E-state index in [1.54, 1.807) is 4.90 Å². The van der Waals surface area contributed by atoms with E-state index in [1.807, 2.05) is 60.7 Å².